The number of nitrogens with one attached hydrogen (secondary N) is 2. The number of carbonyl (C=O) groups is 1. The zero-order chi connectivity index (χ0) is 20.0. The Kier molecular flexibility index (Phi) is 7.27. The molecule has 8 heteroatoms. The second-order valence-electron chi connectivity index (χ2n) is 5.48. The lowest BCUT2D eigenvalue weighted by Crippen LogP contribution is -2.11. The van der Waals surface area contributed by atoms with Crippen molar-refractivity contribution in [3.63, 3.8) is 0 Å². The molecule has 0 radical (unpaired) electrons. The van der Waals surface area contributed by atoms with Crippen LogP contribution < -0.4 is 10.6 Å². The van der Waals surface area contributed by atoms with Crippen molar-refractivity contribution in [1.29, 1.82) is 0 Å². The summed E-state index contributed by atoms with van der Waals surface area (Å²) in [7, 11) is 0. The van der Waals surface area contributed by atoms with Crippen LogP contribution in [0.2, 0.25) is 5.02 Å². The van der Waals surface area contributed by atoms with Gasteiger partial charge in [-0.1, -0.05) is 48.9 Å². The molecule has 142 valence electrons. The van der Waals surface area contributed by atoms with Crippen LogP contribution in [0.1, 0.15) is 40.6 Å². The molecule has 27 heavy (non-hydrogen) atoms. The topological polar surface area (TPSA) is 79.8 Å². The Labute approximate surface area is 168 Å². The van der Waals surface area contributed by atoms with E-state index in [1.54, 1.807) is 6.07 Å². The minimum Gasteiger partial charge on any atom is -0.320 e. The first kappa shape index (κ1) is 20.8. The normalized spacial score (nSPS) is 10.0. The van der Waals surface area contributed by atoms with Gasteiger partial charge in [0.25, 0.3) is 5.91 Å². The van der Waals surface area contributed by atoms with Crippen LogP contribution in [-0.4, -0.2) is 20.9 Å². The number of halogens is 1. The number of amides is 1. The average molecular weight is 404 g/mol. The van der Waals surface area contributed by atoms with Gasteiger partial charge in [0.05, 0.1) is 16.9 Å². The van der Waals surface area contributed by atoms with E-state index in [0.717, 1.165) is 11.3 Å². The lowest BCUT2D eigenvalue weighted by Gasteiger charge is -2.08. The lowest BCUT2D eigenvalue weighted by molar-refractivity contribution is 0.103. The van der Waals surface area contributed by atoms with Gasteiger partial charge in [0, 0.05) is 11.8 Å². The van der Waals surface area contributed by atoms with Crippen LogP contribution in [-0.2, 0) is 0 Å². The summed E-state index contributed by atoms with van der Waals surface area (Å²) in [5.74, 6) is 1.07. The van der Waals surface area contributed by atoms with E-state index in [1.165, 1.54) is 17.5 Å². The molecule has 3 rings (SSSR count). The summed E-state index contributed by atoms with van der Waals surface area (Å²) in [5.41, 5.74) is 2.37. The zero-order valence-electron chi connectivity index (χ0n) is 15.9. The highest BCUT2D eigenvalue weighted by Crippen LogP contribution is 2.27. The molecular weight excluding hydrogens is 382 g/mol. The Balaban J connectivity index is 0.00000126. The molecule has 6 nitrogen and oxygen atoms in total. The van der Waals surface area contributed by atoms with Gasteiger partial charge in [0.2, 0.25) is 0 Å². The molecule has 0 atom stereocenters. The highest BCUT2D eigenvalue weighted by atomic mass is 35.5. The monoisotopic (exact) mass is 403 g/mol. The zero-order valence-corrected chi connectivity index (χ0v) is 17.5. The first-order valence-corrected chi connectivity index (χ1v) is 9.73. The highest BCUT2D eigenvalue weighted by Gasteiger charge is 2.14. The van der Waals surface area contributed by atoms with E-state index < -0.39 is 0 Å². The summed E-state index contributed by atoms with van der Waals surface area (Å²) < 4.78 is 0. The molecule has 0 saturated carbocycles. The largest absolute Gasteiger partial charge is 0.320 e. The molecule has 2 aromatic heterocycles. The van der Waals surface area contributed by atoms with Gasteiger partial charge in [0.1, 0.15) is 16.5 Å². The molecule has 2 heterocycles. The van der Waals surface area contributed by atoms with Crippen LogP contribution >= 0.6 is 22.9 Å². The molecule has 0 aliphatic carbocycles. The van der Waals surface area contributed by atoms with Gasteiger partial charge >= 0.3 is 0 Å². The van der Waals surface area contributed by atoms with Gasteiger partial charge in [-0.3, -0.25) is 4.79 Å². The Hall–Kier alpha value is -2.51. The van der Waals surface area contributed by atoms with Crippen molar-refractivity contribution in [2.24, 2.45) is 0 Å². The molecule has 0 spiro atoms. The molecule has 1 aromatic carbocycles. The molecule has 0 unspecified atom stereocenters. The Morgan fingerprint density at radius 3 is 2.56 bits per heavy atom. The van der Waals surface area contributed by atoms with E-state index >= 15 is 0 Å². The van der Waals surface area contributed by atoms with Crippen molar-refractivity contribution >= 4 is 45.5 Å². The molecule has 3 aromatic rings. The maximum Gasteiger partial charge on any atom is 0.267 e. The van der Waals surface area contributed by atoms with Crippen molar-refractivity contribution in [2.45, 2.75) is 34.6 Å². The Morgan fingerprint density at radius 2 is 1.89 bits per heavy atom. The lowest BCUT2D eigenvalue weighted by atomic mass is 10.2. The maximum atomic E-state index is 12.4. The first-order valence-electron chi connectivity index (χ1n) is 8.54. The highest BCUT2D eigenvalue weighted by molar-refractivity contribution is 7.17. The second kappa shape index (κ2) is 9.43. The van der Waals surface area contributed by atoms with E-state index in [1.807, 2.05) is 52.8 Å². The number of para-hydroxylation sites is 1. The van der Waals surface area contributed by atoms with Gasteiger partial charge in [-0.2, -0.15) is 0 Å². The third-order valence-electron chi connectivity index (χ3n) is 3.39. The van der Waals surface area contributed by atoms with Gasteiger partial charge in [-0.05, 0) is 32.4 Å². The van der Waals surface area contributed by atoms with Gasteiger partial charge in [-0.25, -0.2) is 15.0 Å². The maximum absolute atomic E-state index is 12.4. The van der Waals surface area contributed by atoms with Gasteiger partial charge < -0.3 is 10.6 Å². The predicted octanol–water partition coefficient (Wildman–Crippen LogP) is 5.53. The molecule has 0 aliphatic rings. The van der Waals surface area contributed by atoms with E-state index in [4.69, 9.17) is 11.6 Å². The molecular formula is C19H22ClN5OS. The third-order valence-corrected chi connectivity index (χ3v) is 4.62. The Bertz CT molecular complexity index is 901. The van der Waals surface area contributed by atoms with Crippen LogP contribution in [0.4, 0.5) is 16.6 Å². The van der Waals surface area contributed by atoms with Crippen LogP contribution in [0, 0.1) is 20.8 Å². The third kappa shape index (κ3) is 5.48. The number of hydrogen-bond acceptors (Lipinski definition) is 6. The van der Waals surface area contributed by atoms with E-state index in [2.05, 4.69) is 25.6 Å². The fourth-order valence-electron chi connectivity index (χ4n) is 2.29. The van der Waals surface area contributed by atoms with Crippen LogP contribution in [0.25, 0.3) is 0 Å². The molecule has 0 aliphatic heterocycles. The summed E-state index contributed by atoms with van der Waals surface area (Å²) >= 11 is 7.39. The standard InChI is InChI=1S/C17H16ClN5OS.C2H6/c1-9-5-4-6-12(18)15(9)23-16(24)13-8-19-17(25-13)22-14-7-10(2)20-11(3)21-14;1-2/h4-8H,1-3H3,(H,23,24)(H,19,20,21,22);1-2H3. The molecule has 1 amide bonds. The number of hydrogen-bond donors (Lipinski definition) is 2. The summed E-state index contributed by atoms with van der Waals surface area (Å²) in [5, 5.41) is 7.02. The predicted molar refractivity (Wildman–Crippen MR) is 112 cm³/mol. The number of rotatable bonds is 4. The van der Waals surface area contributed by atoms with E-state index in [9.17, 15) is 4.79 Å². The van der Waals surface area contributed by atoms with Gasteiger partial charge in [0.15, 0.2) is 5.13 Å². The summed E-state index contributed by atoms with van der Waals surface area (Å²) in [6.45, 7) is 9.61. The number of benzene rings is 1. The number of carbonyl (C=O) groups excluding carboxylic acids is 1. The molecule has 0 fully saturated rings. The summed E-state index contributed by atoms with van der Waals surface area (Å²) in [6, 6.07) is 7.29. The fourth-order valence-corrected chi connectivity index (χ4v) is 3.28. The van der Waals surface area contributed by atoms with Crippen molar-refractivity contribution in [2.75, 3.05) is 10.6 Å². The van der Waals surface area contributed by atoms with Crippen LogP contribution in [0.5, 0.6) is 0 Å². The number of nitrogens with zero attached hydrogens (tertiary/aromatic N) is 3. The summed E-state index contributed by atoms with van der Waals surface area (Å²) in [4.78, 5) is 25.7. The summed E-state index contributed by atoms with van der Waals surface area (Å²) in [6.07, 6.45) is 1.52. The molecule has 0 bridgehead atoms. The average Bonchev–Trinajstić information content (AvgIpc) is 3.07. The van der Waals surface area contributed by atoms with E-state index in [-0.39, 0.29) is 5.91 Å². The molecule has 0 saturated heterocycles. The quantitative estimate of drug-likeness (QED) is 0.598. The smallest absolute Gasteiger partial charge is 0.267 e. The van der Waals surface area contributed by atoms with Crippen LogP contribution in [0.3, 0.4) is 0 Å². The number of anilines is 3. The fraction of sp³-hybridized carbons (Fsp3) is 0.263. The second-order valence-corrected chi connectivity index (χ2v) is 6.92. The van der Waals surface area contributed by atoms with Crippen LogP contribution in [0.15, 0.2) is 30.5 Å². The van der Waals surface area contributed by atoms with Gasteiger partial charge in [-0.15, -0.1) is 0 Å². The van der Waals surface area contributed by atoms with E-state index in [0.29, 0.717) is 32.4 Å². The van der Waals surface area contributed by atoms with Crippen molar-refractivity contribution in [3.8, 4) is 0 Å². The van der Waals surface area contributed by atoms with Crippen molar-refractivity contribution in [3.05, 3.63) is 57.4 Å². The number of thiazole rings is 1. The van der Waals surface area contributed by atoms with Crippen molar-refractivity contribution in [1.82, 2.24) is 15.0 Å². The number of aromatic nitrogens is 3. The van der Waals surface area contributed by atoms with Crippen molar-refractivity contribution < 1.29 is 4.79 Å². The first-order chi connectivity index (χ1) is 12.9. The Morgan fingerprint density at radius 1 is 1.15 bits per heavy atom. The molecule has 2 N–H and O–H groups in total. The minimum atomic E-state index is -0.253. The SMILES string of the molecule is CC.Cc1cc(Nc2ncc(C(=O)Nc3c(C)cccc3Cl)s2)nc(C)n1. The number of aryl methyl sites for hydroxylation is 3. The minimum absolute atomic E-state index is 0.253.